The zero-order valence-electron chi connectivity index (χ0n) is 25.6. The summed E-state index contributed by atoms with van der Waals surface area (Å²) < 4.78 is 36.4. The molecule has 0 saturated carbocycles. The van der Waals surface area contributed by atoms with Gasteiger partial charge >= 0.3 is 12.0 Å². The van der Waals surface area contributed by atoms with Gasteiger partial charge in [-0.1, -0.05) is 74.5 Å². The summed E-state index contributed by atoms with van der Waals surface area (Å²) in [4.78, 5) is 59.9. The third-order valence-electron chi connectivity index (χ3n) is 7.09. The Hall–Kier alpha value is -5.50. The number of carbonyl (C=O) groups is 3. The van der Waals surface area contributed by atoms with Crippen LogP contribution in [0.3, 0.4) is 0 Å². The molecule has 0 radical (unpaired) electrons. The number of halogens is 2. The highest BCUT2D eigenvalue weighted by Crippen LogP contribution is 2.25. The number of amides is 3. The standard InChI is InChI=1S/C33H34F2N6O6/c1-21(2)27(28(43)33(34,35)31(45)38-17-22-13-15-36-16-14-22)40-26(42)19-41-29(24-11-7-4-8-12-24)37-18-25(30(41)44)39-32(46)47-20-23-9-5-3-6-10-23/h3-16,18,21,27-28,43H,17,19-20H2,1-2H3,(H,38,45)(H,39,46)(H,40,42). The number of hydrogen-bond acceptors (Lipinski definition) is 8. The summed E-state index contributed by atoms with van der Waals surface area (Å²) in [6, 6.07) is 18.7. The molecule has 2 aromatic heterocycles. The molecule has 0 aliphatic heterocycles. The van der Waals surface area contributed by atoms with Crippen LogP contribution < -0.4 is 21.5 Å². The van der Waals surface area contributed by atoms with Gasteiger partial charge in [-0.15, -0.1) is 0 Å². The van der Waals surface area contributed by atoms with Gasteiger partial charge < -0.3 is 20.5 Å². The van der Waals surface area contributed by atoms with Gasteiger partial charge in [-0.3, -0.25) is 29.3 Å². The Morgan fingerprint density at radius 2 is 1.60 bits per heavy atom. The summed E-state index contributed by atoms with van der Waals surface area (Å²) in [7, 11) is 0. The summed E-state index contributed by atoms with van der Waals surface area (Å²) in [5.74, 6) is -7.65. The molecule has 12 nitrogen and oxygen atoms in total. The number of benzene rings is 2. The van der Waals surface area contributed by atoms with Crippen molar-refractivity contribution in [3.8, 4) is 11.4 Å². The SMILES string of the molecule is CC(C)C(NC(=O)Cn1c(-c2ccccc2)ncc(NC(=O)OCc2ccccc2)c1=O)C(O)C(F)(F)C(=O)NCc1ccncc1. The number of rotatable bonds is 13. The molecule has 246 valence electrons. The first-order valence-corrected chi connectivity index (χ1v) is 14.6. The number of ether oxygens (including phenoxy) is 1. The maximum atomic E-state index is 15.2. The first kappa shape index (κ1) is 34.4. The van der Waals surface area contributed by atoms with E-state index >= 15 is 8.78 Å². The summed E-state index contributed by atoms with van der Waals surface area (Å²) in [6.45, 7) is 1.94. The van der Waals surface area contributed by atoms with Crippen LogP contribution in [0.4, 0.5) is 19.3 Å². The van der Waals surface area contributed by atoms with Gasteiger partial charge in [0.2, 0.25) is 5.91 Å². The molecule has 0 fully saturated rings. The van der Waals surface area contributed by atoms with Crippen molar-refractivity contribution >= 4 is 23.6 Å². The number of anilines is 1. The van der Waals surface area contributed by atoms with Gasteiger partial charge in [-0.25, -0.2) is 9.78 Å². The van der Waals surface area contributed by atoms with Crippen LogP contribution in [0, 0.1) is 5.92 Å². The Morgan fingerprint density at radius 1 is 0.957 bits per heavy atom. The van der Waals surface area contributed by atoms with E-state index in [0.717, 1.165) is 10.8 Å². The van der Waals surface area contributed by atoms with Crippen molar-refractivity contribution < 1.29 is 33.0 Å². The molecule has 0 aliphatic rings. The lowest BCUT2D eigenvalue weighted by molar-refractivity contribution is -0.169. The van der Waals surface area contributed by atoms with E-state index in [0.29, 0.717) is 16.7 Å². The molecule has 4 aromatic rings. The Kier molecular flexibility index (Phi) is 11.5. The maximum Gasteiger partial charge on any atom is 0.412 e. The van der Waals surface area contributed by atoms with Gasteiger partial charge in [0.1, 0.15) is 30.8 Å². The van der Waals surface area contributed by atoms with Crippen molar-refractivity contribution in [1.82, 2.24) is 25.2 Å². The summed E-state index contributed by atoms with van der Waals surface area (Å²) in [5, 5.41) is 17.4. The Morgan fingerprint density at radius 3 is 2.23 bits per heavy atom. The fourth-order valence-corrected chi connectivity index (χ4v) is 4.56. The highest BCUT2D eigenvalue weighted by atomic mass is 19.3. The van der Waals surface area contributed by atoms with E-state index < -0.39 is 54.0 Å². The molecule has 0 bridgehead atoms. The fourth-order valence-electron chi connectivity index (χ4n) is 4.56. The average molecular weight is 649 g/mol. The molecule has 4 N–H and O–H groups in total. The highest BCUT2D eigenvalue weighted by molar-refractivity contribution is 5.85. The van der Waals surface area contributed by atoms with Gasteiger partial charge in [-0.05, 0) is 29.2 Å². The first-order chi connectivity index (χ1) is 22.5. The number of aromatic nitrogens is 3. The lowest BCUT2D eigenvalue weighted by Gasteiger charge is -2.32. The third kappa shape index (κ3) is 9.04. The molecular formula is C33H34F2N6O6. The molecular weight excluding hydrogens is 614 g/mol. The third-order valence-corrected chi connectivity index (χ3v) is 7.09. The van der Waals surface area contributed by atoms with E-state index in [9.17, 15) is 24.3 Å². The first-order valence-electron chi connectivity index (χ1n) is 14.6. The topological polar surface area (TPSA) is 165 Å². The van der Waals surface area contributed by atoms with Crippen molar-refractivity contribution in [1.29, 1.82) is 0 Å². The predicted molar refractivity (Wildman–Crippen MR) is 168 cm³/mol. The van der Waals surface area contributed by atoms with E-state index in [1.165, 1.54) is 38.4 Å². The largest absolute Gasteiger partial charge is 0.444 e. The molecule has 0 aliphatic carbocycles. The minimum absolute atomic E-state index is 0.0522. The number of nitrogens with zero attached hydrogens (tertiary/aromatic N) is 3. The molecule has 2 atom stereocenters. The van der Waals surface area contributed by atoms with E-state index in [1.807, 2.05) is 0 Å². The second kappa shape index (κ2) is 15.7. The van der Waals surface area contributed by atoms with Crippen LogP contribution in [0.5, 0.6) is 0 Å². The van der Waals surface area contributed by atoms with E-state index in [-0.39, 0.29) is 24.7 Å². The minimum Gasteiger partial charge on any atom is -0.444 e. The predicted octanol–water partition coefficient (Wildman–Crippen LogP) is 3.51. The van der Waals surface area contributed by atoms with Crippen LogP contribution in [-0.4, -0.2) is 55.6 Å². The molecule has 47 heavy (non-hydrogen) atoms. The molecule has 14 heteroatoms. The van der Waals surface area contributed by atoms with Crippen molar-refractivity contribution in [3.05, 3.63) is 113 Å². The van der Waals surface area contributed by atoms with Crippen LogP contribution >= 0.6 is 0 Å². The quantitative estimate of drug-likeness (QED) is 0.171. The number of pyridine rings is 1. The maximum absolute atomic E-state index is 15.2. The van der Waals surface area contributed by atoms with Gasteiger partial charge in [0.25, 0.3) is 11.5 Å². The Labute approximate surface area is 268 Å². The van der Waals surface area contributed by atoms with Crippen LogP contribution in [0.15, 0.2) is 96.2 Å². The Bertz CT molecular complexity index is 1720. The number of aliphatic hydroxyl groups excluding tert-OH is 1. The van der Waals surface area contributed by atoms with Crippen LogP contribution in [-0.2, 0) is 34.0 Å². The lowest BCUT2D eigenvalue weighted by Crippen LogP contribution is -2.59. The van der Waals surface area contributed by atoms with E-state index in [1.54, 1.807) is 60.7 Å². The minimum atomic E-state index is -4.28. The van der Waals surface area contributed by atoms with Gasteiger partial charge in [0.15, 0.2) is 0 Å². The number of carbonyl (C=O) groups excluding carboxylic acids is 3. The van der Waals surface area contributed by atoms with Gasteiger partial charge in [0, 0.05) is 24.5 Å². The molecule has 2 unspecified atom stereocenters. The van der Waals surface area contributed by atoms with Crippen molar-refractivity contribution in [2.24, 2.45) is 5.92 Å². The number of hydrogen-bond donors (Lipinski definition) is 4. The van der Waals surface area contributed by atoms with Crippen LogP contribution in [0.25, 0.3) is 11.4 Å². The van der Waals surface area contributed by atoms with Crippen molar-refractivity contribution in [2.75, 3.05) is 5.32 Å². The molecule has 0 saturated heterocycles. The van der Waals surface area contributed by atoms with Gasteiger partial charge in [-0.2, -0.15) is 8.78 Å². The molecule has 3 amide bonds. The summed E-state index contributed by atoms with van der Waals surface area (Å²) in [5.41, 5.74) is 0.560. The summed E-state index contributed by atoms with van der Waals surface area (Å²) >= 11 is 0. The highest BCUT2D eigenvalue weighted by Gasteiger charge is 2.51. The smallest absolute Gasteiger partial charge is 0.412 e. The molecule has 2 heterocycles. The fraction of sp³-hybridized carbons (Fsp3) is 0.273. The Balaban J connectivity index is 1.52. The van der Waals surface area contributed by atoms with E-state index in [4.69, 9.17) is 4.74 Å². The number of nitrogens with one attached hydrogen (secondary N) is 3. The summed E-state index contributed by atoms with van der Waals surface area (Å²) in [6.07, 6.45) is 0.441. The zero-order valence-corrected chi connectivity index (χ0v) is 25.6. The van der Waals surface area contributed by atoms with Crippen LogP contribution in [0.2, 0.25) is 0 Å². The molecule has 4 rings (SSSR count). The molecule has 0 spiro atoms. The normalized spacial score (nSPS) is 12.6. The van der Waals surface area contributed by atoms with Crippen molar-refractivity contribution in [2.45, 2.75) is 51.6 Å². The lowest BCUT2D eigenvalue weighted by atomic mass is 9.93. The monoisotopic (exact) mass is 648 g/mol. The second-order valence-corrected chi connectivity index (χ2v) is 10.9. The second-order valence-electron chi connectivity index (χ2n) is 10.9. The van der Waals surface area contributed by atoms with Crippen molar-refractivity contribution in [3.63, 3.8) is 0 Å². The van der Waals surface area contributed by atoms with Gasteiger partial charge in [0.05, 0.1) is 12.2 Å². The molecule has 2 aromatic carbocycles. The number of aliphatic hydroxyl groups is 1. The zero-order chi connectivity index (χ0) is 34.0. The van der Waals surface area contributed by atoms with E-state index in [2.05, 4.69) is 25.9 Å². The average Bonchev–Trinajstić information content (AvgIpc) is 3.07. The number of alkyl halides is 2. The van der Waals surface area contributed by atoms with Crippen LogP contribution in [0.1, 0.15) is 25.0 Å².